The van der Waals surface area contributed by atoms with Crippen LogP contribution in [0.25, 0.3) is 0 Å². The summed E-state index contributed by atoms with van der Waals surface area (Å²) in [6.07, 6.45) is 4.14. The second kappa shape index (κ2) is 4.26. The number of ether oxygens (including phenoxy) is 1. The average Bonchev–Trinajstić information content (AvgIpc) is 2.09. The van der Waals surface area contributed by atoms with Crippen LogP contribution in [-0.4, -0.2) is 16.1 Å². The molecular formula is C8H11ClN2O. The van der Waals surface area contributed by atoms with Crippen molar-refractivity contribution in [3.63, 3.8) is 0 Å². The van der Waals surface area contributed by atoms with Crippen molar-refractivity contribution in [3.05, 3.63) is 17.5 Å². The Kier molecular flexibility index (Phi) is 3.29. The lowest BCUT2D eigenvalue weighted by Crippen LogP contribution is -2.11. The van der Waals surface area contributed by atoms with Crippen LogP contribution in [0.4, 0.5) is 0 Å². The first-order valence-corrected chi connectivity index (χ1v) is 4.25. The third kappa shape index (κ3) is 2.34. The lowest BCUT2D eigenvalue weighted by Gasteiger charge is -2.11. The summed E-state index contributed by atoms with van der Waals surface area (Å²) in [5.41, 5.74) is 0. The summed E-state index contributed by atoms with van der Waals surface area (Å²) in [6.45, 7) is 4.00. The standard InChI is InChI=1S/C8H11ClN2O/c1-3-6(2)12-8-7(9)10-4-5-11-8/h4-6H,3H2,1-2H3/t6-/m0/s1. The van der Waals surface area contributed by atoms with Crippen LogP contribution < -0.4 is 4.74 Å². The van der Waals surface area contributed by atoms with Crippen molar-refractivity contribution in [1.29, 1.82) is 0 Å². The van der Waals surface area contributed by atoms with Crippen LogP contribution in [0.2, 0.25) is 5.15 Å². The lowest BCUT2D eigenvalue weighted by molar-refractivity contribution is 0.208. The van der Waals surface area contributed by atoms with Gasteiger partial charge in [0.25, 0.3) is 5.88 Å². The molecular weight excluding hydrogens is 176 g/mol. The van der Waals surface area contributed by atoms with Crippen molar-refractivity contribution < 1.29 is 4.74 Å². The fraction of sp³-hybridized carbons (Fsp3) is 0.500. The molecule has 0 aliphatic carbocycles. The number of aromatic nitrogens is 2. The molecule has 0 radical (unpaired) electrons. The number of nitrogens with zero attached hydrogens (tertiary/aromatic N) is 2. The summed E-state index contributed by atoms with van der Waals surface area (Å²) in [6, 6.07) is 0. The van der Waals surface area contributed by atoms with E-state index in [1.54, 1.807) is 6.20 Å². The van der Waals surface area contributed by atoms with Crippen molar-refractivity contribution in [2.24, 2.45) is 0 Å². The highest BCUT2D eigenvalue weighted by molar-refractivity contribution is 6.30. The fourth-order valence-electron chi connectivity index (χ4n) is 0.661. The molecule has 3 nitrogen and oxygen atoms in total. The van der Waals surface area contributed by atoms with Gasteiger partial charge >= 0.3 is 0 Å². The molecule has 1 atom stereocenters. The molecule has 0 spiro atoms. The molecule has 1 aromatic heterocycles. The van der Waals surface area contributed by atoms with Crippen LogP contribution in [0.5, 0.6) is 5.88 Å². The van der Waals surface area contributed by atoms with E-state index in [0.29, 0.717) is 11.0 Å². The smallest absolute Gasteiger partial charge is 0.252 e. The van der Waals surface area contributed by atoms with Crippen molar-refractivity contribution in [2.75, 3.05) is 0 Å². The topological polar surface area (TPSA) is 35.0 Å². The Morgan fingerprint density at radius 1 is 1.50 bits per heavy atom. The second-order valence-corrected chi connectivity index (χ2v) is 2.85. The van der Waals surface area contributed by atoms with Crippen molar-refractivity contribution in [1.82, 2.24) is 9.97 Å². The highest BCUT2D eigenvalue weighted by atomic mass is 35.5. The van der Waals surface area contributed by atoms with Gasteiger partial charge in [0, 0.05) is 12.4 Å². The maximum Gasteiger partial charge on any atom is 0.252 e. The van der Waals surface area contributed by atoms with Crippen LogP contribution in [-0.2, 0) is 0 Å². The Balaban J connectivity index is 2.69. The van der Waals surface area contributed by atoms with Gasteiger partial charge in [-0.3, -0.25) is 0 Å². The largest absolute Gasteiger partial charge is 0.472 e. The molecule has 1 aromatic rings. The lowest BCUT2D eigenvalue weighted by atomic mass is 10.3. The molecule has 0 saturated carbocycles. The second-order valence-electron chi connectivity index (χ2n) is 2.49. The molecule has 0 bridgehead atoms. The summed E-state index contributed by atoms with van der Waals surface area (Å²) >= 11 is 5.73. The summed E-state index contributed by atoms with van der Waals surface area (Å²) in [4.78, 5) is 7.79. The molecule has 0 saturated heterocycles. The van der Waals surface area contributed by atoms with E-state index >= 15 is 0 Å². The molecule has 0 unspecified atom stereocenters. The zero-order valence-electron chi connectivity index (χ0n) is 7.12. The predicted molar refractivity (Wildman–Crippen MR) is 47.4 cm³/mol. The Labute approximate surface area is 76.7 Å². The zero-order valence-corrected chi connectivity index (χ0v) is 7.88. The van der Waals surface area contributed by atoms with Crippen molar-refractivity contribution in [2.45, 2.75) is 26.4 Å². The highest BCUT2D eigenvalue weighted by Gasteiger charge is 2.06. The van der Waals surface area contributed by atoms with Gasteiger partial charge in [-0.05, 0) is 13.3 Å². The maximum absolute atomic E-state index is 5.73. The minimum absolute atomic E-state index is 0.124. The van der Waals surface area contributed by atoms with E-state index in [4.69, 9.17) is 16.3 Å². The molecule has 0 aliphatic rings. The zero-order chi connectivity index (χ0) is 8.97. The molecule has 4 heteroatoms. The van der Waals surface area contributed by atoms with E-state index < -0.39 is 0 Å². The molecule has 1 rings (SSSR count). The normalized spacial score (nSPS) is 12.6. The first-order chi connectivity index (χ1) is 5.74. The van der Waals surface area contributed by atoms with Crippen molar-refractivity contribution >= 4 is 11.6 Å². The third-order valence-corrected chi connectivity index (χ3v) is 1.77. The van der Waals surface area contributed by atoms with Crippen LogP contribution in [0.1, 0.15) is 20.3 Å². The quantitative estimate of drug-likeness (QED) is 0.727. The Hall–Kier alpha value is -0.830. The van der Waals surface area contributed by atoms with Gasteiger partial charge < -0.3 is 4.74 Å². The monoisotopic (exact) mass is 186 g/mol. The van der Waals surface area contributed by atoms with Crippen LogP contribution in [0, 0.1) is 0 Å². The minimum atomic E-state index is 0.124. The maximum atomic E-state index is 5.73. The molecule has 66 valence electrons. The van der Waals surface area contributed by atoms with Gasteiger partial charge in [0.2, 0.25) is 0 Å². The van der Waals surface area contributed by atoms with Gasteiger partial charge in [-0.25, -0.2) is 9.97 Å². The van der Waals surface area contributed by atoms with E-state index in [-0.39, 0.29) is 6.10 Å². The number of rotatable bonds is 3. The summed E-state index contributed by atoms with van der Waals surface area (Å²) in [5, 5.41) is 0.317. The summed E-state index contributed by atoms with van der Waals surface area (Å²) in [5.74, 6) is 0.411. The van der Waals surface area contributed by atoms with E-state index in [0.717, 1.165) is 6.42 Å². The van der Waals surface area contributed by atoms with E-state index in [2.05, 4.69) is 9.97 Å². The predicted octanol–water partition coefficient (Wildman–Crippen LogP) is 2.31. The molecule has 0 aromatic carbocycles. The first kappa shape index (κ1) is 9.26. The van der Waals surface area contributed by atoms with Gasteiger partial charge in [-0.2, -0.15) is 0 Å². The van der Waals surface area contributed by atoms with Gasteiger partial charge in [-0.15, -0.1) is 0 Å². The molecule has 0 N–H and O–H groups in total. The number of hydrogen-bond acceptors (Lipinski definition) is 3. The van der Waals surface area contributed by atoms with E-state index in [1.807, 2.05) is 13.8 Å². The SMILES string of the molecule is CC[C@H](C)Oc1nccnc1Cl. The highest BCUT2D eigenvalue weighted by Crippen LogP contribution is 2.18. The third-order valence-electron chi connectivity index (χ3n) is 1.51. The fourth-order valence-corrected chi connectivity index (χ4v) is 0.811. The summed E-state index contributed by atoms with van der Waals surface area (Å²) in [7, 11) is 0. The molecule has 0 fully saturated rings. The van der Waals surface area contributed by atoms with Crippen molar-refractivity contribution in [3.8, 4) is 5.88 Å². The minimum Gasteiger partial charge on any atom is -0.472 e. The first-order valence-electron chi connectivity index (χ1n) is 3.87. The Morgan fingerprint density at radius 3 is 2.75 bits per heavy atom. The Morgan fingerprint density at radius 2 is 2.17 bits per heavy atom. The van der Waals surface area contributed by atoms with Crippen LogP contribution in [0.15, 0.2) is 12.4 Å². The van der Waals surface area contributed by atoms with Crippen LogP contribution >= 0.6 is 11.6 Å². The van der Waals surface area contributed by atoms with Gasteiger partial charge in [-0.1, -0.05) is 18.5 Å². The molecule has 12 heavy (non-hydrogen) atoms. The molecule has 0 aliphatic heterocycles. The number of hydrogen-bond donors (Lipinski definition) is 0. The average molecular weight is 187 g/mol. The van der Waals surface area contributed by atoms with Crippen LogP contribution in [0.3, 0.4) is 0 Å². The van der Waals surface area contributed by atoms with Gasteiger partial charge in [0.1, 0.15) is 0 Å². The summed E-state index contributed by atoms with van der Waals surface area (Å²) < 4.78 is 5.39. The Bertz CT molecular complexity index is 255. The van der Waals surface area contributed by atoms with Gasteiger partial charge in [0.15, 0.2) is 5.15 Å². The molecule has 0 amide bonds. The van der Waals surface area contributed by atoms with Gasteiger partial charge in [0.05, 0.1) is 6.10 Å². The molecule has 1 heterocycles. The van der Waals surface area contributed by atoms with E-state index in [1.165, 1.54) is 6.20 Å². The number of halogens is 1. The van der Waals surface area contributed by atoms with E-state index in [9.17, 15) is 0 Å².